The van der Waals surface area contributed by atoms with Gasteiger partial charge < -0.3 is 15.2 Å². The molecule has 20 heavy (non-hydrogen) atoms. The number of rotatable bonds is 2. The Bertz CT molecular complexity index is 609. The van der Waals surface area contributed by atoms with Gasteiger partial charge in [0.05, 0.1) is 6.42 Å². The van der Waals surface area contributed by atoms with Crippen molar-refractivity contribution in [3.05, 3.63) is 36.0 Å². The molecule has 2 N–H and O–H groups in total. The summed E-state index contributed by atoms with van der Waals surface area (Å²) in [7, 11) is 0. The van der Waals surface area contributed by atoms with Crippen molar-refractivity contribution in [1.82, 2.24) is 15.2 Å². The number of benzene rings is 1. The van der Waals surface area contributed by atoms with E-state index in [1.54, 1.807) is 0 Å². The summed E-state index contributed by atoms with van der Waals surface area (Å²) in [6.45, 7) is 5.97. The molecule has 3 rings (SSSR count). The third-order valence-corrected chi connectivity index (χ3v) is 4.13. The molecular weight excluding hydrogens is 250 g/mol. The number of amides is 1. The first-order chi connectivity index (χ1) is 9.66. The van der Waals surface area contributed by atoms with Gasteiger partial charge in [-0.3, -0.25) is 4.79 Å². The van der Waals surface area contributed by atoms with Crippen molar-refractivity contribution in [2.24, 2.45) is 0 Å². The second kappa shape index (κ2) is 5.29. The quantitative estimate of drug-likeness (QED) is 0.876. The summed E-state index contributed by atoms with van der Waals surface area (Å²) in [5, 5.41) is 4.51. The molecule has 1 amide bonds. The van der Waals surface area contributed by atoms with E-state index in [9.17, 15) is 4.79 Å². The molecule has 2 atom stereocenters. The molecule has 2 heterocycles. The molecule has 0 saturated carbocycles. The molecule has 1 aromatic carbocycles. The molecule has 1 aromatic heterocycles. The van der Waals surface area contributed by atoms with Crippen LogP contribution in [0.2, 0.25) is 0 Å². The standard InChI is InChI=1S/C16H21N3O/c1-11-8-17-9-12(2)19(11)16(20)7-13-10-18-15-6-4-3-5-14(13)15/h3-6,10-12,17-18H,7-9H2,1-2H3. The van der Waals surface area contributed by atoms with Crippen molar-refractivity contribution in [2.45, 2.75) is 32.4 Å². The topological polar surface area (TPSA) is 48.1 Å². The summed E-state index contributed by atoms with van der Waals surface area (Å²) < 4.78 is 0. The minimum atomic E-state index is 0.219. The summed E-state index contributed by atoms with van der Waals surface area (Å²) >= 11 is 0. The maximum Gasteiger partial charge on any atom is 0.227 e. The maximum absolute atomic E-state index is 12.6. The molecule has 4 heteroatoms. The van der Waals surface area contributed by atoms with E-state index in [1.165, 1.54) is 0 Å². The van der Waals surface area contributed by atoms with Crippen LogP contribution in [0.25, 0.3) is 10.9 Å². The summed E-state index contributed by atoms with van der Waals surface area (Å²) in [4.78, 5) is 17.9. The molecule has 2 unspecified atom stereocenters. The van der Waals surface area contributed by atoms with Crippen LogP contribution in [0.1, 0.15) is 19.4 Å². The monoisotopic (exact) mass is 271 g/mol. The van der Waals surface area contributed by atoms with Crippen molar-refractivity contribution in [2.75, 3.05) is 13.1 Å². The van der Waals surface area contributed by atoms with Crippen LogP contribution in [0.3, 0.4) is 0 Å². The van der Waals surface area contributed by atoms with Gasteiger partial charge in [0, 0.05) is 42.3 Å². The van der Waals surface area contributed by atoms with Crippen molar-refractivity contribution in [1.29, 1.82) is 0 Å². The lowest BCUT2D eigenvalue weighted by molar-refractivity contribution is -0.135. The molecule has 1 aliphatic heterocycles. The Morgan fingerprint density at radius 1 is 1.25 bits per heavy atom. The Balaban J connectivity index is 1.81. The van der Waals surface area contributed by atoms with Gasteiger partial charge in [-0.1, -0.05) is 18.2 Å². The van der Waals surface area contributed by atoms with Gasteiger partial charge in [0.25, 0.3) is 0 Å². The van der Waals surface area contributed by atoms with E-state index in [0.29, 0.717) is 6.42 Å². The van der Waals surface area contributed by atoms with E-state index in [2.05, 4.69) is 30.2 Å². The van der Waals surface area contributed by atoms with E-state index in [-0.39, 0.29) is 18.0 Å². The van der Waals surface area contributed by atoms with Crippen LogP contribution in [0.5, 0.6) is 0 Å². The molecule has 0 bridgehead atoms. The molecular formula is C16H21N3O. The Morgan fingerprint density at radius 2 is 1.95 bits per heavy atom. The lowest BCUT2D eigenvalue weighted by atomic mass is 10.1. The number of aromatic nitrogens is 1. The summed E-state index contributed by atoms with van der Waals surface area (Å²) in [5.41, 5.74) is 2.18. The Labute approximate surface area is 119 Å². The van der Waals surface area contributed by atoms with Gasteiger partial charge in [-0.25, -0.2) is 0 Å². The van der Waals surface area contributed by atoms with Crippen molar-refractivity contribution >= 4 is 16.8 Å². The second-order valence-electron chi connectivity index (χ2n) is 5.69. The number of carbonyl (C=O) groups is 1. The summed E-state index contributed by atoms with van der Waals surface area (Å²) in [6.07, 6.45) is 2.43. The van der Waals surface area contributed by atoms with Gasteiger partial charge in [0.1, 0.15) is 0 Å². The van der Waals surface area contributed by atoms with E-state index in [4.69, 9.17) is 0 Å². The smallest absolute Gasteiger partial charge is 0.227 e. The molecule has 0 aliphatic carbocycles. The van der Waals surface area contributed by atoms with Crippen LogP contribution in [0, 0.1) is 0 Å². The van der Waals surface area contributed by atoms with Crippen molar-refractivity contribution in [3.63, 3.8) is 0 Å². The number of nitrogens with zero attached hydrogens (tertiary/aromatic N) is 1. The van der Waals surface area contributed by atoms with E-state index < -0.39 is 0 Å². The fourth-order valence-electron chi connectivity index (χ4n) is 3.16. The first-order valence-electron chi connectivity index (χ1n) is 7.23. The zero-order valence-corrected chi connectivity index (χ0v) is 12.0. The molecule has 1 aliphatic rings. The highest BCUT2D eigenvalue weighted by molar-refractivity contribution is 5.89. The van der Waals surface area contributed by atoms with E-state index in [1.807, 2.05) is 29.3 Å². The average molecular weight is 271 g/mol. The number of H-pyrrole nitrogens is 1. The second-order valence-corrected chi connectivity index (χ2v) is 5.69. The average Bonchev–Trinajstić information content (AvgIpc) is 2.82. The predicted octanol–water partition coefficient (Wildman–Crippen LogP) is 1.92. The van der Waals surface area contributed by atoms with Gasteiger partial charge in [-0.15, -0.1) is 0 Å². The van der Waals surface area contributed by atoms with Gasteiger partial charge >= 0.3 is 0 Å². The van der Waals surface area contributed by atoms with Gasteiger partial charge in [-0.2, -0.15) is 0 Å². The fourth-order valence-corrected chi connectivity index (χ4v) is 3.16. The summed E-state index contributed by atoms with van der Waals surface area (Å²) in [5.74, 6) is 0.219. The SMILES string of the molecule is CC1CNCC(C)N1C(=O)Cc1c[nH]c2ccccc12. The van der Waals surface area contributed by atoms with Crippen LogP contribution >= 0.6 is 0 Å². The lowest BCUT2D eigenvalue weighted by Crippen LogP contribution is -2.57. The number of aromatic amines is 1. The Morgan fingerprint density at radius 3 is 2.70 bits per heavy atom. The van der Waals surface area contributed by atoms with Crippen molar-refractivity contribution < 1.29 is 4.79 Å². The summed E-state index contributed by atoms with van der Waals surface area (Å²) in [6, 6.07) is 8.65. The third kappa shape index (κ3) is 2.31. The molecule has 106 valence electrons. The highest BCUT2D eigenvalue weighted by Crippen LogP contribution is 2.20. The van der Waals surface area contributed by atoms with Crippen LogP contribution in [-0.2, 0) is 11.2 Å². The normalized spacial score (nSPS) is 23.2. The number of para-hydroxylation sites is 1. The number of hydrogen-bond donors (Lipinski definition) is 2. The van der Waals surface area contributed by atoms with Gasteiger partial charge in [0.15, 0.2) is 0 Å². The molecule has 0 spiro atoms. The number of carbonyl (C=O) groups excluding carboxylic acids is 1. The molecule has 4 nitrogen and oxygen atoms in total. The van der Waals surface area contributed by atoms with Crippen LogP contribution in [0.15, 0.2) is 30.5 Å². The highest BCUT2D eigenvalue weighted by atomic mass is 16.2. The number of nitrogens with one attached hydrogen (secondary N) is 2. The predicted molar refractivity (Wildman–Crippen MR) is 80.6 cm³/mol. The van der Waals surface area contributed by atoms with Crippen molar-refractivity contribution in [3.8, 4) is 0 Å². The molecule has 0 radical (unpaired) electrons. The van der Waals surface area contributed by atoms with E-state index in [0.717, 1.165) is 29.6 Å². The molecule has 1 fully saturated rings. The Hall–Kier alpha value is -1.81. The molecule has 2 aromatic rings. The number of fused-ring (bicyclic) bond motifs is 1. The molecule has 1 saturated heterocycles. The zero-order chi connectivity index (χ0) is 14.1. The Kier molecular flexibility index (Phi) is 3.49. The van der Waals surface area contributed by atoms with Crippen LogP contribution in [0.4, 0.5) is 0 Å². The minimum Gasteiger partial charge on any atom is -0.361 e. The third-order valence-electron chi connectivity index (χ3n) is 4.13. The van der Waals surface area contributed by atoms with E-state index >= 15 is 0 Å². The minimum absolute atomic E-state index is 0.219. The number of piperazine rings is 1. The van der Waals surface area contributed by atoms with Gasteiger partial charge in [0.2, 0.25) is 5.91 Å². The van der Waals surface area contributed by atoms with Crippen LogP contribution < -0.4 is 5.32 Å². The maximum atomic E-state index is 12.6. The highest BCUT2D eigenvalue weighted by Gasteiger charge is 2.28. The lowest BCUT2D eigenvalue weighted by Gasteiger charge is -2.39. The van der Waals surface area contributed by atoms with Gasteiger partial charge in [-0.05, 0) is 25.5 Å². The zero-order valence-electron chi connectivity index (χ0n) is 12.0. The first kappa shape index (κ1) is 13.2. The van der Waals surface area contributed by atoms with Crippen LogP contribution in [-0.4, -0.2) is 41.0 Å². The number of hydrogen-bond acceptors (Lipinski definition) is 2. The fraction of sp³-hybridized carbons (Fsp3) is 0.438. The largest absolute Gasteiger partial charge is 0.361 e. The first-order valence-corrected chi connectivity index (χ1v) is 7.23.